The monoisotopic (exact) mass is 426 g/mol. The standard InChI is InChI=1S/C20H18N4O5S/c1-3-20(19(26)27,30(2,28)29)9-13-23-12-8-16(14-18(23)25)15-4-6-17(7-5-15)24-21-10-11-22-24/h1,4-8,10-12,14H,9,13H2,2H3,(H,26,27)/t20-/m1/s1. The molecule has 10 heteroatoms. The van der Waals surface area contributed by atoms with Crippen molar-refractivity contribution in [3.8, 4) is 29.2 Å². The van der Waals surface area contributed by atoms with E-state index >= 15 is 0 Å². The van der Waals surface area contributed by atoms with E-state index in [9.17, 15) is 23.1 Å². The van der Waals surface area contributed by atoms with Gasteiger partial charge in [-0.2, -0.15) is 15.0 Å². The molecule has 1 atom stereocenters. The van der Waals surface area contributed by atoms with Crippen LogP contribution in [0.25, 0.3) is 16.8 Å². The van der Waals surface area contributed by atoms with E-state index in [2.05, 4.69) is 10.2 Å². The summed E-state index contributed by atoms with van der Waals surface area (Å²) in [6, 6.07) is 10.3. The molecule has 154 valence electrons. The zero-order valence-electron chi connectivity index (χ0n) is 16.0. The number of hydrogen-bond acceptors (Lipinski definition) is 6. The molecule has 9 nitrogen and oxygen atoms in total. The van der Waals surface area contributed by atoms with Crippen LogP contribution in [0, 0.1) is 12.3 Å². The van der Waals surface area contributed by atoms with Crippen LogP contribution < -0.4 is 5.56 Å². The van der Waals surface area contributed by atoms with Crippen LogP contribution in [0.15, 0.2) is 59.8 Å². The minimum atomic E-state index is -4.10. The maximum atomic E-state index is 12.5. The molecule has 0 aliphatic rings. The largest absolute Gasteiger partial charge is 0.479 e. The maximum absolute atomic E-state index is 12.5. The molecule has 0 aliphatic heterocycles. The Kier molecular flexibility index (Phi) is 5.58. The molecular weight excluding hydrogens is 408 g/mol. The third-order valence-electron chi connectivity index (χ3n) is 4.76. The van der Waals surface area contributed by atoms with Gasteiger partial charge in [0, 0.05) is 31.5 Å². The summed E-state index contributed by atoms with van der Waals surface area (Å²) < 4.78 is 22.8. The minimum Gasteiger partial charge on any atom is -0.479 e. The molecule has 0 radical (unpaired) electrons. The van der Waals surface area contributed by atoms with Crippen LogP contribution in [0.4, 0.5) is 0 Å². The highest BCUT2D eigenvalue weighted by molar-refractivity contribution is 7.93. The van der Waals surface area contributed by atoms with E-state index in [0.29, 0.717) is 5.56 Å². The number of benzene rings is 1. The van der Waals surface area contributed by atoms with Crippen LogP contribution in [0.1, 0.15) is 6.42 Å². The first-order valence-electron chi connectivity index (χ1n) is 8.76. The van der Waals surface area contributed by atoms with Crippen molar-refractivity contribution in [2.75, 3.05) is 6.26 Å². The molecule has 0 unspecified atom stereocenters. The fourth-order valence-corrected chi connectivity index (χ4v) is 3.97. The van der Waals surface area contributed by atoms with E-state index in [1.54, 1.807) is 30.6 Å². The third kappa shape index (κ3) is 3.88. The molecule has 1 aromatic carbocycles. The Morgan fingerprint density at radius 3 is 2.30 bits per heavy atom. The number of carboxylic acids is 1. The lowest BCUT2D eigenvalue weighted by atomic mass is 10.1. The highest BCUT2D eigenvalue weighted by atomic mass is 32.2. The number of terminal acetylenes is 1. The number of carboxylic acid groups (broad SMARTS) is 1. The number of sulfone groups is 1. The Bertz CT molecular complexity index is 1270. The summed E-state index contributed by atoms with van der Waals surface area (Å²) in [6.45, 7) is -0.160. The van der Waals surface area contributed by atoms with Gasteiger partial charge in [-0.3, -0.25) is 4.79 Å². The van der Waals surface area contributed by atoms with E-state index in [4.69, 9.17) is 6.42 Å². The van der Waals surface area contributed by atoms with E-state index in [1.807, 2.05) is 18.1 Å². The van der Waals surface area contributed by atoms with Crippen LogP contribution in [-0.2, 0) is 21.2 Å². The zero-order chi connectivity index (χ0) is 21.9. The molecule has 0 bridgehead atoms. The van der Waals surface area contributed by atoms with Gasteiger partial charge < -0.3 is 9.67 Å². The first-order chi connectivity index (χ1) is 14.2. The average Bonchev–Trinajstić information content (AvgIpc) is 3.23. The van der Waals surface area contributed by atoms with Crippen molar-refractivity contribution in [2.24, 2.45) is 0 Å². The molecule has 2 heterocycles. The summed E-state index contributed by atoms with van der Waals surface area (Å²) in [5, 5.41) is 17.5. The quantitative estimate of drug-likeness (QED) is 0.559. The van der Waals surface area contributed by atoms with Crippen molar-refractivity contribution < 1.29 is 18.3 Å². The van der Waals surface area contributed by atoms with E-state index < -0.39 is 32.5 Å². The summed E-state index contributed by atoms with van der Waals surface area (Å²) >= 11 is 0. The van der Waals surface area contributed by atoms with Crippen molar-refractivity contribution in [2.45, 2.75) is 17.7 Å². The number of aromatic nitrogens is 4. The summed E-state index contributed by atoms with van der Waals surface area (Å²) in [5.74, 6) is 0.248. The molecule has 0 spiro atoms. The normalized spacial score (nSPS) is 13.3. The highest BCUT2D eigenvalue weighted by Gasteiger charge is 2.46. The maximum Gasteiger partial charge on any atom is 0.337 e. The van der Waals surface area contributed by atoms with Gasteiger partial charge in [0.05, 0.1) is 18.1 Å². The van der Waals surface area contributed by atoms with Crippen molar-refractivity contribution in [3.63, 3.8) is 0 Å². The Hall–Kier alpha value is -3.71. The van der Waals surface area contributed by atoms with Gasteiger partial charge in [-0.25, -0.2) is 13.2 Å². The Morgan fingerprint density at radius 1 is 1.17 bits per heavy atom. The smallest absolute Gasteiger partial charge is 0.337 e. The van der Waals surface area contributed by atoms with E-state index in [1.165, 1.54) is 21.6 Å². The Labute approximate surface area is 172 Å². The number of aryl methyl sites for hydroxylation is 1. The summed E-state index contributed by atoms with van der Waals surface area (Å²) in [5.41, 5.74) is 1.79. The SMILES string of the molecule is C#C[C@@](CCn1ccc(-c2ccc(-n3nccn3)cc2)cc1=O)(C(=O)O)S(C)(=O)=O. The van der Waals surface area contributed by atoms with Crippen molar-refractivity contribution in [3.05, 3.63) is 65.3 Å². The second-order valence-corrected chi connectivity index (χ2v) is 8.85. The van der Waals surface area contributed by atoms with Crippen molar-refractivity contribution in [1.82, 2.24) is 19.6 Å². The lowest BCUT2D eigenvalue weighted by Crippen LogP contribution is -2.46. The molecule has 3 aromatic rings. The van der Waals surface area contributed by atoms with Gasteiger partial charge in [0.25, 0.3) is 5.56 Å². The molecule has 2 aromatic heterocycles. The van der Waals surface area contributed by atoms with Crippen LogP contribution >= 0.6 is 0 Å². The fourth-order valence-electron chi connectivity index (χ4n) is 2.98. The number of carbonyl (C=O) groups is 1. The lowest BCUT2D eigenvalue weighted by Gasteiger charge is -2.22. The van der Waals surface area contributed by atoms with Gasteiger partial charge in [-0.1, -0.05) is 18.1 Å². The van der Waals surface area contributed by atoms with Crippen LogP contribution in [-0.4, -0.2) is 50.1 Å². The van der Waals surface area contributed by atoms with Gasteiger partial charge in [0.15, 0.2) is 9.84 Å². The molecule has 0 amide bonds. The minimum absolute atomic E-state index is 0.160. The summed E-state index contributed by atoms with van der Waals surface area (Å²) in [4.78, 5) is 25.5. The first-order valence-corrected chi connectivity index (χ1v) is 10.7. The topological polar surface area (TPSA) is 124 Å². The van der Waals surface area contributed by atoms with Crippen LogP contribution in [0.5, 0.6) is 0 Å². The lowest BCUT2D eigenvalue weighted by molar-refractivity contribution is -0.138. The molecule has 0 aliphatic carbocycles. The second-order valence-electron chi connectivity index (χ2n) is 6.61. The molecule has 0 saturated carbocycles. The van der Waals surface area contributed by atoms with E-state index in [-0.39, 0.29) is 6.54 Å². The number of aliphatic carboxylic acids is 1. The van der Waals surface area contributed by atoms with Crippen LogP contribution in [0.3, 0.4) is 0 Å². The molecule has 0 saturated heterocycles. The van der Waals surface area contributed by atoms with Gasteiger partial charge in [-0.05, 0) is 29.3 Å². The predicted molar refractivity (Wildman–Crippen MR) is 110 cm³/mol. The molecule has 1 N–H and O–H groups in total. The summed E-state index contributed by atoms with van der Waals surface area (Å²) in [6.07, 6.45) is 10.2. The van der Waals surface area contributed by atoms with Gasteiger partial charge in [-0.15, -0.1) is 6.42 Å². The Balaban J connectivity index is 1.83. The first kappa shape index (κ1) is 21.0. The fraction of sp³-hybridized carbons (Fsp3) is 0.200. The van der Waals surface area contributed by atoms with Gasteiger partial charge >= 0.3 is 5.97 Å². The number of hydrogen-bond donors (Lipinski definition) is 1. The second kappa shape index (κ2) is 7.96. The van der Waals surface area contributed by atoms with Crippen molar-refractivity contribution >= 4 is 15.8 Å². The average molecular weight is 426 g/mol. The van der Waals surface area contributed by atoms with E-state index in [0.717, 1.165) is 17.5 Å². The number of pyridine rings is 1. The van der Waals surface area contributed by atoms with Gasteiger partial charge in [0.2, 0.25) is 4.75 Å². The molecule has 0 fully saturated rings. The molecular formula is C20H18N4O5S. The van der Waals surface area contributed by atoms with Crippen molar-refractivity contribution in [1.29, 1.82) is 0 Å². The zero-order valence-corrected chi connectivity index (χ0v) is 16.8. The van der Waals surface area contributed by atoms with Gasteiger partial charge in [0.1, 0.15) is 0 Å². The summed E-state index contributed by atoms with van der Waals surface area (Å²) in [7, 11) is -4.10. The molecule has 30 heavy (non-hydrogen) atoms. The molecule has 3 rings (SSSR count). The Morgan fingerprint density at radius 2 is 1.80 bits per heavy atom. The third-order valence-corrected chi connectivity index (χ3v) is 6.53. The highest BCUT2D eigenvalue weighted by Crippen LogP contribution is 2.23. The van der Waals surface area contributed by atoms with Crippen LogP contribution in [0.2, 0.25) is 0 Å². The number of rotatable bonds is 7. The number of nitrogens with zero attached hydrogens (tertiary/aromatic N) is 4. The predicted octanol–water partition coefficient (Wildman–Crippen LogP) is 0.987.